The van der Waals surface area contributed by atoms with Crippen molar-refractivity contribution in [3.05, 3.63) is 24.0 Å². The molecule has 1 N–H and O–H groups in total. The molecule has 1 aromatic rings. The van der Waals surface area contributed by atoms with Gasteiger partial charge >= 0.3 is 12.5 Å². The maximum Gasteiger partial charge on any atom is 0.414 e. The summed E-state index contributed by atoms with van der Waals surface area (Å²) in [6.45, 7) is 2.05. The second kappa shape index (κ2) is 9.37. The Morgan fingerprint density at radius 3 is 2.63 bits per heavy atom. The van der Waals surface area contributed by atoms with Crippen LogP contribution in [-0.4, -0.2) is 81.0 Å². The fourth-order valence-corrected chi connectivity index (χ4v) is 3.49. The van der Waals surface area contributed by atoms with Crippen LogP contribution in [0.4, 0.5) is 29.3 Å². The van der Waals surface area contributed by atoms with E-state index in [4.69, 9.17) is 21.7 Å². The van der Waals surface area contributed by atoms with E-state index in [-0.39, 0.29) is 18.8 Å². The van der Waals surface area contributed by atoms with Crippen molar-refractivity contribution in [1.29, 1.82) is 0 Å². The molecule has 2 heterocycles. The fourth-order valence-electron chi connectivity index (χ4n) is 3.31. The molecule has 0 aliphatic carbocycles. The van der Waals surface area contributed by atoms with Gasteiger partial charge in [0.1, 0.15) is 11.9 Å². The monoisotopic (exact) mass is 446 g/mol. The zero-order valence-corrected chi connectivity index (χ0v) is 17.0. The number of methoxy groups -OCH3 is 1. The normalized spacial score (nSPS) is 19.2. The third kappa shape index (κ3) is 4.86. The first kappa shape index (κ1) is 21.9. The van der Waals surface area contributed by atoms with Gasteiger partial charge in [-0.2, -0.15) is 8.78 Å². The molecule has 30 heavy (non-hydrogen) atoms. The van der Waals surface area contributed by atoms with Crippen molar-refractivity contribution in [1.82, 2.24) is 10.2 Å². The van der Waals surface area contributed by atoms with Gasteiger partial charge in [-0.25, -0.2) is 9.18 Å². The first-order valence-corrected chi connectivity index (χ1v) is 9.62. The summed E-state index contributed by atoms with van der Waals surface area (Å²) in [5.74, 6) is -1.94. The number of amides is 2. The van der Waals surface area contributed by atoms with Gasteiger partial charge in [0.25, 0.3) is 11.1 Å². The van der Waals surface area contributed by atoms with E-state index in [1.54, 1.807) is 12.1 Å². The Balaban J connectivity index is 1.61. The summed E-state index contributed by atoms with van der Waals surface area (Å²) >= 11 is 5.10. The number of hydrogen-bond donors (Lipinski definition) is 1. The quantitative estimate of drug-likeness (QED) is 0.689. The average molecular weight is 446 g/mol. The molecule has 1 unspecified atom stereocenters. The van der Waals surface area contributed by atoms with Crippen molar-refractivity contribution in [2.24, 2.45) is 0 Å². The van der Waals surface area contributed by atoms with Crippen LogP contribution in [0.15, 0.2) is 18.2 Å². The maximum atomic E-state index is 14.8. The minimum absolute atomic E-state index is 0.00821. The van der Waals surface area contributed by atoms with E-state index >= 15 is 0 Å². The van der Waals surface area contributed by atoms with Crippen LogP contribution in [-0.2, 0) is 14.3 Å². The number of hydrogen-bond acceptors (Lipinski definition) is 6. The number of thiocarbonyl (C=S) groups is 1. The molecule has 1 aromatic carbocycles. The number of piperazine rings is 1. The van der Waals surface area contributed by atoms with Crippen LogP contribution in [0.3, 0.4) is 0 Å². The molecule has 0 aromatic heterocycles. The number of nitrogens with one attached hydrogen (secondary N) is 1. The summed E-state index contributed by atoms with van der Waals surface area (Å²) in [4.78, 5) is 28.0. The Labute approximate surface area is 176 Å². The number of anilines is 2. The van der Waals surface area contributed by atoms with E-state index in [1.165, 1.54) is 18.1 Å². The molecule has 1 atom stereocenters. The SMILES string of the molecule is COC(=S)N1CCN(c2ccc(N3CC(CNC(=O)C(F)F)OC3=O)cc2F)CC1. The van der Waals surface area contributed by atoms with Crippen molar-refractivity contribution in [3.63, 3.8) is 0 Å². The van der Waals surface area contributed by atoms with Crippen molar-refractivity contribution < 1.29 is 32.2 Å². The Morgan fingerprint density at radius 2 is 2.03 bits per heavy atom. The number of halogens is 3. The second-order valence-corrected chi connectivity index (χ2v) is 7.09. The predicted molar refractivity (Wildman–Crippen MR) is 106 cm³/mol. The number of carbonyl (C=O) groups is 2. The highest BCUT2D eigenvalue weighted by molar-refractivity contribution is 7.80. The fraction of sp³-hybridized carbons (Fsp3) is 0.500. The summed E-state index contributed by atoms with van der Waals surface area (Å²) in [5, 5.41) is 2.40. The minimum atomic E-state index is -3.15. The third-order valence-electron chi connectivity index (χ3n) is 4.87. The summed E-state index contributed by atoms with van der Waals surface area (Å²) in [6.07, 6.45) is -4.69. The standard InChI is InChI=1S/C18H21F3N4O4S/c1-28-18(30)24-6-4-23(5-7-24)14-3-2-11(8-13(14)19)25-10-12(29-17(25)27)9-22-16(26)15(20)21/h2-3,8,12,15H,4-7,9-10H2,1H3,(H,22,26). The van der Waals surface area contributed by atoms with Gasteiger partial charge in [0.05, 0.1) is 31.6 Å². The number of nitrogens with zero attached hydrogens (tertiary/aromatic N) is 3. The lowest BCUT2D eigenvalue weighted by Crippen LogP contribution is -2.48. The van der Waals surface area contributed by atoms with E-state index < -0.39 is 30.3 Å². The molecule has 0 bridgehead atoms. The van der Waals surface area contributed by atoms with Crippen molar-refractivity contribution in [3.8, 4) is 0 Å². The Bertz CT molecular complexity index is 821. The molecule has 3 rings (SSSR count). The number of benzene rings is 1. The zero-order valence-electron chi connectivity index (χ0n) is 16.1. The highest BCUT2D eigenvalue weighted by Gasteiger charge is 2.33. The van der Waals surface area contributed by atoms with Gasteiger partial charge in [-0.3, -0.25) is 9.69 Å². The molecule has 8 nitrogen and oxygen atoms in total. The second-order valence-electron chi connectivity index (χ2n) is 6.74. The smallest absolute Gasteiger partial charge is 0.414 e. The van der Waals surface area contributed by atoms with Crippen LogP contribution < -0.4 is 15.1 Å². The van der Waals surface area contributed by atoms with E-state index in [0.717, 1.165) is 0 Å². The van der Waals surface area contributed by atoms with Gasteiger partial charge in [0, 0.05) is 26.2 Å². The topological polar surface area (TPSA) is 74.3 Å². The molecule has 0 radical (unpaired) electrons. The molecular formula is C18H21F3N4O4S. The van der Waals surface area contributed by atoms with Crippen LogP contribution in [0.2, 0.25) is 0 Å². The molecule has 0 saturated carbocycles. The first-order chi connectivity index (χ1) is 14.3. The number of cyclic esters (lactones) is 1. The molecule has 2 fully saturated rings. The number of ether oxygens (including phenoxy) is 2. The van der Waals surface area contributed by atoms with Crippen molar-refractivity contribution in [2.75, 3.05) is 56.2 Å². The average Bonchev–Trinajstić information content (AvgIpc) is 3.12. The highest BCUT2D eigenvalue weighted by Crippen LogP contribution is 2.28. The van der Waals surface area contributed by atoms with E-state index in [9.17, 15) is 22.8 Å². The number of alkyl halides is 2. The van der Waals surface area contributed by atoms with Crippen molar-refractivity contribution in [2.45, 2.75) is 12.5 Å². The molecule has 2 amide bonds. The minimum Gasteiger partial charge on any atom is -0.474 e. The highest BCUT2D eigenvalue weighted by atomic mass is 32.1. The Hall–Kier alpha value is -2.76. The summed E-state index contributed by atoms with van der Waals surface area (Å²) in [7, 11) is 1.51. The summed E-state index contributed by atoms with van der Waals surface area (Å²) in [5.41, 5.74) is 0.679. The van der Waals surface area contributed by atoms with E-state index in [2.05, 4.69) is 0 Å². The predicted octanol–water partition coefficient (Wildman–Crippen LogP) is 1.59. The molecule has 164 valence electrons. The van der Waals surface area contributed by atoms with E-state index in [0.29, 0.717) is 37.0 Å². The number of carbonyl (C=O) groups excluding carboxylic acids is 2. The molecule has 2 saturated heterocycles. The lowest BCUT2D eigenvalue weighted by molar-refractivity contribution is -0.132. The molecule has 2 aliphatic rings. The first-order valence-electron chi connectivity index (χ1n) is 9.21. The Morgan fingerprint density at radius 1 is 1.33 bits per heavy atom. The largest absolute Gasteiger partial charge is 0.474 e. The molecule has 2 aliphatic heterocycles. The van der Waals surface area contributed by atoms with Crippen LogP contribution in [0.1, 0.15) is 0 Å². The van der Waals surface area contributed by atoms with Gasteiger partial charge in [0.15, 0.2) is 0 Å². The maximum absolute atomic E-state index is 14.8. The molecule has 12 heteroatoms. The van der Waals surface area contributed by atoms with Gasteiger partial charge in [-0.15, -0.1) is 0 Å². The Kier molecular flexibility index (Phi) is 6.85. The molecular weight excluding hydrogens is 425 g/mol. The number of rotatable bonds is 5. The van der Waals surface area contributed by atoms with Crippen LogP contribution in [0, 0.1) is 5.82 Å². The lowest BCUT2D eigenvalue weighted by Gasteiger charge is -2.36. The van der Waals surface area contributed by atoms with E-state index in [1.807, 2.05) is 15.1 Å². The lowest BCUT2D eigenvalue weighted by atomic mass is 10.2. The van der Waals surface area contributed by atoms with Crippen molar-refractivity contribution >= 4 is 40.8 Å². The summed E-state index contributed by atoms with van der Waals surface area (Å²) < 4.78 is 49.3. The van der Waals surface area contributed by atoms with Gasteiger partial charge in [0.2, 0.25) is 0 Å². The van der Waals surface area contributed by atoms with Gasteiger partial charge < -0.3 is 24.6 Å². The van der Waals surface area contributed by atoms with Crippen LogP contribution in [0.25, 0.3) is 0 Å². The molecule has 0 spiro atoms. The van der Waals surface area contributed by atoms with Crippen LogP contribution in [0.5, 0.6) is 0 Å². The van der Waals surface area contributed by atoms with Gasteiger partial charge in [-0.05, 0) is 30.4 Å². The van der Waals surface area contributed by atoms with Gasteiger partial charge in [-0.1, -0.05) is 0 Å². The summed E-state index contributed by atoms with van der Waals surface area (Å²) in [6, 6.07) is 4.39. The third-order valence-corrected chi connectivity index (χ3v) is 5.30. The van der Waals surface area contributed by atoms with Crippen LogP contribution >= 0.6 is 12.2 Å². The zero-order chi connectivity index (χ0) is 21.8.